The van der Waals surface area contributed by atoms with Crippen molar-refractivity contribution in [3.63, 3.8) is 0 Å². The van der Waals surface area contributed by atoms with Crippen molar-refractivity contribution < 1.29 is 9.53 Å². The number of fused-ring (bicyclic) bond motifs is 3. The number of nitrogens with one attached hydrogen (secondary N) is 1. The fraction of sp³-hybridized carbons (Fsp3) is 0.682. The summed E-state index contributed by atoms with van der Waals surface area (Å²) in [6.45, 7) is 2.50. The summed E-state index contributed by atoms with van der Waals surface area (Å²) in [5.41, 5.74) is 2.68. The highest BCUT2D eigenvalue weighted by Gasteiger charge is 2.39. The van der Waals surface area contributed by atoms with Gasteiger partial charge >= 0.3 is 6.09 Å². The highest BCUT2D eigenvalue weighted by Crippen LogP contribution is 2.44. The lowest BCUT2D eigenvalue weighted by atomic mass is 9.79. The minimum Gasteiger partial charge on any atom is -0.410 e. The summed E-state index contributed by atoms with van der Waals surface area (Å²) >= 11 is 0. The first-order valence-electron chi connectivity index (χ1n) is 10.5. The van der Waals surface area contributed by atoms with Crippen LogP contribution in [0.3, 0.4) is 0 Å². The van der Waals surface area contributed by atoms with Crippen molar-refractivity contribution in [2.75, 3.05) is 20.1 Å². The van der Waals surface area contributed by atoms with Crippen LogP contribution in [0, 0.1) is 5.92 Å². The van der Waals surface area contributed by atoms with E-state index in [1.54, 1.807) is 7.05 Å². The van der Waals surface area contributed by atoms with E-state index in [9.17, 15) is 4.79 Å². The Labute approximate surface area is 157 Å². The molecule has 1 N–H and O–H groups in total. The summed E-state index contributed by atoms with van der Waals surface area (Å²) in [5, 5.41) is 2.55. The zero-order valence-electron chi connectivity index (χ0n) is 16.0. The van der Waals surface area contributed by atoms with E-state index in [4.69, 9.17) is 4.74 Å². The normalized spacial score (nSPS) is 26.2. The van der Waals surface area contributed by atoms with Crippen molar-refractivity contribution in [3.05, 3.63) is 29.3 Å². The molecule has 2 atom stereocenters. The number of nitrogens with zero attached hydrogens (tertiary/aromatic N) is 1. The summed E-state index contributed by atoms with van der Waals surface area (Å²) < 4.78 is 5.50. The molecule has 2 aliphatic carbocycles. The van der Waals surface area contributed by atoms with Crippen LogP contribution >= 0.6 is 0 Å². The molecule has 1 saturated carbocycles. The average molecular weight is 357 g/mol. The Bertz CT molecular complexity index is 639. The molecule has 1 amide bonds. The van der Waals surface area contributed by atoms with Crippen molar-refractivity contribution in [1.82, 2.24) is 10.2 Å². The van der Waals surface area contributed by atoms with E-state index in [0.29, 0.717) is 12.0 Å². The van der Waals surface area contributed by atoms with Gasteiger partial charge in [0.1, 0.15) is 5.75 Å². The molecule has 4 rings (SSSR count). The van der Waals surface area contributed by atoms with Gasteiger partial charge in [0.05, 0.1) is 0 Å². The van der Waals surface area contributed by atoms with Crippen molar-refractivity contribution in [3.8, 4) is 5.75 Å². The molecule has 0 radical (unpaired) electrons. The van der Waals surface area contributed by atoms with Crippen LogP contribution < -0.4 is 10.1 Å². The molecule has 1 aliphatic heterocycles. The lowest BCUT2D eigenvalue weighted by Gasteiger charge is -2.35. The topological polar surface area (TPSA) is 41.6 Å². The largest absolute Gasteiger partial charge is 0.412 e. The molecule has 142 valence electrons. The van der Waals surface area contributed by atoms with Gasteiger partial charge in [-0.25, -0.2) is 4.79 Å². The van der Waals surface area contributed by atoms with Crippen LogP contribution in [0.15, 0.2) is 18.2 Å². The van der Waals surface area contributed by atoms with Gasteiger partial charge in [-0.05, 0) is 61.9 Å². The summed E-state index contributed by atoms with van der Waals surface area (Å²) in [5.74, 6) is 2.32. The molecular formula is C22H32N2O2. The van der Waals surface area contributed by atoms with Crippen molar-refractivity contribution >= 4 is 6.09 Å². The lowest BCUT2D eigenvalue weighted by molar-refractivity contribution is 0.195. The van der Waals surface area contributed by atoms with E-state index < -0.39 is 0 Å². The van der Waals surface area contributed by atoms with Gasteiger partial charge in [-0.1, -0.05) is 44.2 Å². The standard InChI is InChI=1S/C22H32N2O2/c1-23-22(25)26-21-9-5-8-17-18-13-15-24(20(18)11-10-19(17)21)14-12-16-6-3-2-4-7-16/h5,8-9,16,18,20H,2-4,6-7,10-15H2,1H3,(H,23,25)/t18-,20+/m0/s1. The smallest absolute Gasteiger partial charge is 0.410 e. The molecule has 4 nitrogen and oxygen atoms in total. The third kappa shape index (κ3) is 3.62. The maximum atomic E-state index is 11.6. The monoisotopic (exact) mass is 356 g/mol. The maximum absolute atomic E-state index is 11.6. The summed E-state index contributed by atoms with van der Waals surface area (Å²) in [7, 11) is 1.61. The van der Waals surface area contributed by atoms with E-state index in [1.807, 2.05) is 12.1 Å². The summed E-state index contributed by atoms with van der Waals surface area (Å²) in [6.07, 6.45) is 11.7. The number of hydrogen-bond acceptors (Lipinski definition) is 3. The first kappa shape index (κ1) is 17.8. The summed E-state index contributed by atoms with van der Waals surface area (Å²) in [6, 6.07) is 6.92. The maximum Gasteiger partial charge on any atom is 0.412 e. The Kier molecular flexibility index (Phi) is 5.49. The Morgan fingerprint density at radius 1 is 1.19 bits per heavy atom. The highest BCUT2D eigenvalue weighted by atomic mass is 16.6. The number of amides is 1. The zero-order valence-corrected chi connectivity index (χ0v) is 16.0. The number of ether oxygens (including phenoxy) is 1. The molecule has 2 fully saturated rings. The summed E-state index contributed by atoms with van der Waals surface area (Å²) in [4.78, 5) is 14.4. The second-order valence-electron chi connectivity index (χ2n) is 8.29. The quantitative estimate of drug-likeness (QED) is 0.865. The number of benzene rings is 1. The van der Waals surface area contributed by atoms with Gasteiger partial charge in [0.15, 0.2) is 0 Å². The Hall–Kier alpha value is -1.55. The Balaban J connectivity index is 1.43. The number of hydrogen-bond donors (Lipinski definition) is 1. The number of rotatable bonds is 4. The van der Waals surface area contributed by atoms with Crippen LogP contribution in [0.2, 0.25) is 0 Å². The number of carbonyl (C=O) groups is 1. The lowest BCUT2D eigenvalue weighted by Crippen LogP contribution is -2.36. The molecule has 0 aromatic heterocycles. The first-order chi connectivity index (χ1) is 12.8. The molecule has 1 heterocycles. The fourth-order valence-electron chi connectivity index (χ4n) is 5.50. The zero-order chi connectivity index (χ0) is 17.9. The van der Waals surface area contributed by atoms with Crippen molar-refractivity contribution in [2.45, 2.75) is 69.7 Å². The van der Waals surface area contributed by atoms with Crippen molar-refractivity contribution in [1.29, 1.82) is 0 Å². The molecule has 26 heavy (non-hydrogen) atoms. The highest BCUT2D eigenvalue weighted by molar-refractivity contribution is 5.70. The van der Waals surface area contributed by atoms with E-state index >= 15 is 0 Å². The third-order valence-corrected chi connectivity index (χ3v) is 6.88. The van der Waals surface area contributed by atoms with Crippen LogP contribution in [-0.4, -0.2) is 37.2 Å². The predicted molar refractivity (Wildman–Crippen MR) is 104 cm³/mol. The molecule has 1 aromatic carbocycles. The van der Waals surface area contributed by atoms with E-state index in [1.165, 1.54) is 75.6 Å². The second-order valence-corrected chi connectivity index (χ2v) is 8.29. The third-order valence-electron chi connectivity index (χ3n) is 6.88. The van der Waals surface area contributed by atoms with Crippen LogP contribution in [0.5, 0.6) is 5.75 Å². The molecule has 0 spiro atoms. The SMILES string of the molecule is CNC(=O)Oc1cccc2c1CC[C@@H]1[C@H]2CCN1CCC1CCCCC1. The van der Waals surface area contributed by atoms with E-state index in [-0.39, 0.29) is 6.09 Å². The molecular weight excluding hydrogens is 324 g/mol. The van der Waals surface area contributed by atoms with Gasteiger partial charge in [0.25, 0.3) is 0 Å². The van der Waals surface area contributed by atoms with E-state index in [2.05, 4.69) is 16.3 Å². The van der Waals surface area contributed by atoms with Crippen molar-refractivity contribution in [2.24, 2.45) is 5.92 Å². The van der Waals surface area contributed by atoms with Gasteiger partial charge in [-0.15, -0.1) is 0 Å². The molecule has 1 saturated heterocycles. The van der Waals surface area contributed by atoms with Crippen LogP contribution in [0.1, 0.15) is 68.4 Å². The van der Waals surface area contributed by atoms with Gasteiger partial charge in [-0.3, -0.25) is 4.90 Å². The van der Waals surface area contributed by atoms with Crippen LogP contribution in [0.25, 0.3) is 0 Å². The molecule has 4 heteroatoms. The van der Waals surface area contributed by atoms with E-state index in [0.717, 1.165) is 18.1 Å². The van der Waals surface area contributed by atoms with Gasteiger partial charge in [0, 0.05) is 19.0 Å². The fourth-order valence-corrected chi connectivity index (χ4v) is 5.50. The molecule has 3 aliphatic rings. The van der Waals surface area contributed by atoms with Gasteiger partial charge < -0.3 is 10.1 Å². The second kappa shape index (κ2) is 7.99. The minimum absolute atomic E-state index is 0.374. The molecule has 0 unspecified atom stereocenters. The molecule has 1 aromatic rings. The average Bonchev–Trinajstić information content (AvgIpc) is 3.11. The van der Waals surface area contributed by atoms with Crippen LogP contribution in [-0.2, 0) is 6.42 Å². The Morgan fingerprint density at radius 3 is 2.85 bits per heavy atom. The first-order valence-corrected chi connectivity index (χ1v) is 10.5. The van der Waals surface area contributed by atoms with Crippen LogP contribution in [0.4, 0.5) is 4.79 Å². The predicted octanol–water partition coefficient (Wildman–Crippen LogP) is 4.48. The minimum atomic E-state index is -0.374. The number of likely N-dealkylation sites (tertiary alicyclic amines) is 1. The molecule has 0 bridgehead atoms. The van der Waals surface area contributed by atoms with Gasteiger partial charge in [-0.2, -0.15) is 0 Å². The number of carbonyl (C=O) groups excluding carboxylic acids is 1. The Morgan fingerprint density at radius 2 is 2.04 bits per heavy atom. The van der Waals surface area contributed by atoms with Gasteiger partial charge in [0.2, 0.25) is 0 Å².